The fourth-order valence-electron chi connectivity index (χ4n) is 2.68. The van der Waals surface area contributed by atoms with Crippen molar-refractivity contribution >= 4 is 5.91 Å². The van der Waals surface area contributed by atoms with Crippen LogP contribution in [0.25, 0.3) is 0 Å². The van der Waals surface area contributed by atoms with Crippen LogP contribution in [0, 0.1) is 5.92 Å². The molecule has 1 aromatic carbocycles. The van der Waals surface area contributed by atoms with Gasteiger partial charge in [0.25, 0.3) is 0 Å². The molecular weight excluding hydrogens is 224 g/mol. The van der Waals surface area contributed by atoms with Crippen LogP contribution >= 0.6 is 0 Å². The van der Waals surface area contributed by atoms with E-state index in [4.69, 9.17) is 5.73 Å². The van der Waals surface area contributed by atoms with Crippen molar-refractivity contribution in [3.63, 3.8) is 0 Å². The maximum atomic E-state index is 12.3. The number of rotatable bonds is 4. The van der Waals surface area contributed by atoms with Gasteiger partial charge in [-0.2, -0.15) is 0 Å². The molecule has 0 radical (unpaired) electrons. The standard InChI is InChI=1S/C15H22N2O/c1-2-6-12-9-10-17(11-12)15(18)14(16)13-7-4-3-5-8-13/h3-5,7-8,12,14H,2,6,9-11,16H2,1H3/t12?,14-/m1/s1. The molecule has 1 saturated heterocycles. The van der Waals surface area contributed by atoms with Gasteiger partial charge in [0.15, 0.2) is 0 Å². The Kier molecular flexibility index (Phi) is 4.37. The second kappa shape index (κ2) is 6.01. The van der Waals surface area contributed by atoms with E-state index in [2.05, 4.69) is 6.92 Å². The van der Waals surface area contributed by atoms with Gasteiger partial charge in [-0.15, -0.1) is 0 Å². The van der Waals surface area contributed by atoms with Crippen molar-refractivity contribution in [1.82, 2.24) is 4.90 Å². The van der Waals surface area contributed by atoms with E-state index in [0.29, 0.717) is 5.92 Å². The van der Waals surface area contributed by atoms with E-state index in [9.17, 15) is 4.79 Å². The molecule has 0 saturated carbocycles. The lowest BCUT2D eigenvalue weighted by molar-refractivity contribution is -0.131. The van der Waals surface area contributed by atoms with Gasteiger partial charge in [-0.05, 0) is 24.3 Å². The summed E-state index contributed by atoms with van der Waals surface area (Å²) in [7, 11) is 0. The number of likely N-dealkylation sites (tertiary alicyclic amines) is 1. The molecule has 2 rings (SSSR count). The lowest BCUT2D eigenvalue weighted by Crippen LogP contribution is -2.37. The summed E-state index contributed by atoms with van der Waals surface area (Å²) < 4.78 is 0. The first-order chi connectivity index (χ1) is 8.72. The molecule has 2 atom stereocenters. The predicted octanol–water partition coefficient (Wildman–Crippen LogP) is 2.34. The zero-order chi connectivity index (χ0) is 13.0. The lowest BCUT2D eigenvalue weighted by Gasteiger charge is -2.21. The number of hydrogen-bond donors (Lipinski definition) is 1. The summed E-state index contributed by atoms with van der Waals surface area (Å²) in [6, 6.07) is 9.11. The fourth-order valence-corrected chi connectivity index (χ4v) is 2.68. The molecule has 0 spiro atoms. The molecule has 3 heteroatoms. The fraction of sp³-hybridized carbons (Fsp3) is 0.533. The van der Waals surface area contributed by atoms with Gasteiger partial charge in [-0.3, -0.25) is 4.79 Å². The topological polar surface area (TPSA) is 46.3 Å². The second-order valence-corrected chi connectivity index (χ2v) is 5.12. The van der Waals surface area contributed by atoms with Crippen molar-refractivity contribution in [2.24, 2.45) is 11.7 Å². The number of nitrogens with zero attached hydrogens (tertiary/aromatic N) is 1. The maximum absolute atomic E-state index is 12.3. The van der Waals surface area contributed by atoms with Crippen LogP contribution in [0.1, 0.15) is 37.8 Å². The van der Waals surface area contributed by atoms with E-state index in [0.717, 1.165) is 25.1 Å². The summed E-state index contributed by atoms with van der Waals surface area (Å²) in [4.78, 5) is 14.2. The molecule has 0 bridgehead atoms. The van der Waals surface area contributed by atoms with Gasteiger partial charge in [-0.25, -0.2) is 0 Å². The summed E-state index contributed by atoms with van der Waals surface area (Å²) in [5, 5.41) is 0. The third-order valence-electron chi connectivity index (χ3n) is 3.72. The number of nitrogens with two attached hydrogens (primary N) is 1. The highest BCUT2D eigenvalue weighted by atomic mass is 16.2. The number of amides is 1. The summed E-state index contributed by atoms with van der Waals surface area (Å²) in [5.41, 5.74) is 6.95. The van der Waals surface area contributed by atoms with E-state index in [1.807, 2.05) is 35.2 Å². The van der Waals surface area contributed by atoms with Gasteiger partial charge in [0.2, 0.25) is 5.91 Å². The summed E-state index contributed by atoms with van der Waals surface area (Å²) >= 11 is 0. The first kappa shape index (κ1) is 13.1. The van der Waals surface area contributed by atoms with Gasteiger partial charge >= 0.3 is 0 Å². The molecule has 98 valence electrons. The minimum atomic E-state index is -0.508. The monoisotopic (exact) mass is 246 g/mol. The van der Waals surface area contributed by atoms with E-state index in [1.54, 1.807) is 0 Å². The molecule has 2 N–H and O–H groups in total. The van der Waals surface area contributed by atoms with Crippen LogP contribution < -0.4 is 5.73 Å². The van der Waals surface area contributed by atoms with Gasteiger partial charge < -0.3 is 10.6 Å². The van der Waals surface area contributed by atoms with Crippen molar-refractivity contribution in [2.45, 2.75) is 32.2 Å². The molecule has 0 aromatic heterocycles. The number of carbonyl (C=O) groups is 1. The van der Waals surface area contributed by atoms with Crippen LogP contribution in [0.4, 0.5) is 0 Å². The van der Waals surface area contributed by atoms with E-state index in [-0.39, 0.29) is 5.91 Å². The van der Waals surface area contributed by atoms with E-state index < -0.39 is 6.04 Å². The molecule has 1 aromatic rings. The SMILES string of the molecule is CCCC1CCN(C(=O)[C@H](N)c2ccccc2)C1. The molecule has 1 aliphatic rings. The number of benzene rings is 1. The Hall–Kier alpha value is -1.35. The van der Waals surface area contributed by atoms with Crippen LogP contribution in [0.3, 0.4) is 0 Å². The van der Waals surface area contributed by atoms with Crippen LogP contribution in [-0.4, -0.2) is 23.9 Å². The van der Waals surface area contributed by atoms with Crippen molar-refractivity contribution in [3.8, 4) is 0 Å². The Morgan fingerprint density at radius 3 is 2.83 bits per heavy atom. The quantitative estimate of drug-likeness (QED) is 0.886. The largest absolute Gasteiger partial charge is 0.341 e. The molecule has 0 aliphatic carbocycles. The van der Waals surface area contributed by atoms with E-state index >= 15 is 0 Å². The molecule has 1 amide bonds. The Morgan fingerprint density at radius 1 is 1.44 bits per heavy atom. The molecule has 1 heterocycles. The third kappa shape index (κ3) is 2.91. The van der Waals surface area contributed by atoms with Crippen LogP contribution in [0.15, 0.2) is 30.3 Å². The first-order valence-electron chi connectivity index (χ1n) is 6.81. The summed E-state index contributed by atoms with van der Waals surface area (Å²) in [6.07, 6.45) is 3.53. The molecule has 18 heavy (non-hydrogen) atoms. The average molecular weight is 246 g/mol. The zero-order valence-electron chi connectivity index (χ0n) is 11.0. The molecule has 1 aliphatic heterocycles. The normalized spacial score (nSPS) is 21.0. The van der Waals surface area contributed by atoms with Gasteiger partial charge in [0, 0.05) is 13.1 Å². The Balaban J connectivity index is 1.96. The number of hydrogen-bond acceptors (Lipinski definition) is 2. The van der Waals surface area contributed by atoms with Crippen molar-refractivity contribution in [2.75, 3.05) is 13.1 Å². The van der Waals surface area contributed by atoms with E-state index in [1.165, 1.54) is 12.8 Å². The molecule has 3 nitrogen and oxygen atoms in total. The molecular formula is C15H22N2O. The van der Waals surface area contributed by atoms with Gasteiger partial charge in [0.1, 0.15) is 6.04 Å². The van der Waals surface area contributed by atoms with Crippen molar-refractivity contribution < 1.29 is 4.79 Å². The third-order valence-corrected chi connectivity index (χ3v) is 3.72. The highest BCUT2D eigenvalue weighted by molar-refractivity contribution is 5.83. The minimum Gasteiger partial charge on any atom is -0.341 e. The Bertz CT molecular complexity index is 391. The Morgan fingerprint density at radius 2 is 2.17 bits per heavy atom. The summed E-state index contributed by atoms with van der Waals surface area (Å²) in [5.74, 6) is 0.738. The smallest absolute Gasteiger partial charge is 0.244 e. The zero-order valence-corrected chi connectivity index (χ0v) is 11.0. The minimum absolute atomic E-state index is 0.0693. The number of carbonyl (C=O) groups excluding carboxylic acids is 1. The van der Waals surface area contributed by atoms with Crippen LogP contribution in [-0.2, 0) is 4.79 Å². The van der Waals surface area contributed by atoms with Crippen LogP contribution in [0.2, 0.25) is 0 Å². The van der Waals surface area contributed by atoms with Crippen molar-refractivity contribution in [3.05, 3.63) is 35.9 Å². The van der Waals surface area contributed by atoms with Gasteiger partial charge in [0.05, 0.1) is 0 Å². The molecule has 1 unspecified atom stereocenters. The summed E-state index contributed by atoms with van der Waals surface area (Å²) in [6.45, 7) is 3.94. The van der Waals surface area contributed by atoms with Crippen molar-refractivity contribution in [1.29, 1.82) is 0 Å². The first-order valence-corrected chi connectivity index (χ1v) is 6.81. The lowest BCUT2D eigenvalue weighted by atomic mass is 10.0. The average Bonchev–Trinajstić information content (AvgIpc) is 2.87. The maximum Gasteiger partial charge on any atom is 0.244 e. The second-order valence-electron chi connectivity index (χ2n) is 5.12. The predicted molar refractivity (Wildman–Crippen MR) is 73.0 cm³/mol. The highest BCUT2D eigenvalue weighted by Crippen LogP contribution is 2.23. The Labute approximate surface area is 109 Å². The van der Waals surface area contributed by atoms with Gasteiger partial charge in [-0.1, -0.05) is 43.7 Å². The molecule has 1 fully saturated rings. The van der Waals surface area contributed by atoms with Crippen LogP contribution in [0.5, 0.6) is 0 Å². The highest BCUT2D eigenvalue weighted by Gasteiger charge is 2.29.